The number of rotatable bonds is 9. The van der Waals surface area contributed by atoms with Crippen LogP contribution in [0.3, 0.4) is 0 Å². The van der Waals surface area contributed by atoms with Crippen molar-refractivity contribution >= 4 is 29.9 Å². The maximum Gasteiger partial charge on any atom is 0.191 e. The number of nitrogens with zero attached hydrogens (tertiary/aromatic N) is 2. The molecule has 1 fully saturated rings. The van der Waals surface area contributed by atoms with Gasteiger partial charge in [-0.3, -0.25) is 9.89 Å². The predicted octanol–water partition coefficient (Wildman–Crippen LogP) is 2.96. The Hall–Kier alpha value is -0.930. The summed E-state index contributed by atoms with van der Waals surface area (Å²) in [5.41, 5.74) is 2.16. The Kier molecular flexibility index (Phi) is 12.6. The van der Waals surface area contributed by atoms with Gasteiger partial charge in [0, 0.05) is 32.7 Å². The first-order valence-electron chi connectivity index (χ1n) is 9.76. The van der Waals surface area contributed by atoms with Gasteiger partial charge in [0.1, 0.15) is 5.82 Å². The number of hydrogen-bond acceptors (Lipinski definition) is 3. The van der Waals surface area contributed by atoms with Crippen LogP contribution in [0.1, 0.15) is 30.9 Å². The summed E-state index contributed by atoms with van der Waals surface area (Å²) in [6, 6.07) is 4.97. The Bertz CT molecular complexity index is 565. The second-order valence-corrected chi connectivity index (χ2v) is 6.67. The van der Waals surface area contributed by atoms with E-state index in [2.05, 4.69) is 27.4 Å². The summed E-state index contributed by atoms with van der Waals surface area (Å²) in [6.45, 7) is 11.4. The van der Waals surface area contributed by atoms with Crippen LogP contribution in [0.25, 0.3) is 0 Å². The fourth-order valence-corrected chi connectivity index (χ4v) is 3.06. The van der Waals surface area contributed by atoms with Gasteiger partial charge in [0.15, 0.2) is 5.96 Å². The predicted molar refractivity (Wildman–Crippen MR) is 121 cm³/mol. The van der Waals surface area contributed by atoms with Crippen molar-refractivity contribution in [3.63, 3.8) is 0 Å². The molecule has 154 valence electrons. The molecule has 1 aromatic rings. The number of morpholine rings is 1. The highest BCUT2D eigenvalue weighted by Gasteiger charge is 2.09. The summed E-state index contributed by atoms with van der Waals surface area (Å²) in [5, 5.41) is 6.65. The zero-order valence-corrected chi connectivity index (χ0v) is 18.9. The highest BCUT2D eigenvalue weighted by molar-refractivity contribution is 14.0. The molecule has 0 amide bonds. The molecule has 0 saturated carbocycles. The Morgan fingerprint density at radius 1 is 1.22 bits per heavy atom. The first-order chi connectivity index (χ1) is 12.7. The van der Waals surface area contributed by atoms with Crippen molar-refractivity contribution in [2.75, 3.05) is 52.5 Å². The number of hydrogen-bond donors (Lipinski definition) is 2. The topological polar surface area (TPSA) is 48.9 Å². The maximum atomic E-state index is 13.2. The zero-order chi connectivity index (χ0) is 18.6. The van der Waals surface area contributed by atoms with E-state index < -0.39 is 0 Å². The summed E-state index contributed by atoms with van der Waals surface area (Å²) in [7, 11) is 0. The van der Waals surface area contributed by atoms with Crippen molar-refractivity contribution < 1.29 is 9.13 Å². The summed E-state index contributed by atoms with van der Waals surface area (Å²) >= 11 is 0. The number of nitrogens with one attached hydrogen (secondary N) is 2. The third kappa shape index (κ3) is 9.71. The van der Waals surface area contributed by atoms with Crippen molar-refractivity contribution in [1.29, 1.82) is 0 Å². The lowest BCUT2D eigenvalue weighted by Gasteiger charge is -2.26. The van der Waals surface area contributed by atoms with Crippen LogP contribution in [0.5, 0.6) is 0 Å². The summed E-state index contributed by atoms with van der Waals surface area (Å²) < 4.78 is 18.5. The minimum atomic E-state index is -0.175. The van der Waals surface area contributed by atoms with Gasteiger partial charge in [0.2, 0.25) is 0 Å². The molecule has 1 aromatic carbocycles. The molecule has 0 unspecified atom stereocenters. The van der Waals surface area contributed by atoms with Crippen molar-refractivity contribution in [3.8, 4) is 0 Å². The van der Waals surface area contributed by atoms with Gasteiger partial charge in [-0.1, -0.05) is 6.07 Å². The third-order valence-electron chi connectivity index (χ3n) is 4.59. The molecule has 0 aliphatic carbocycles. The maximum absolute atomic E-state index is 13.2. The van der Waals surface area contributed by atoms with Gasteiger partial charge in [-0.05, 0) is 62.9 Å². The average Bonchev–Trinajstić information content (AvgIpc) is 2.64. The van der Waals surface area contributed by atoms with E-state index in [-0.39, 0.29) is 29.8 Å². The van der Waals surface area contributed by atoms with Gasteiger partial charge in [-0.15, -0.1) is 24.0 Å². The van der Waals surface area contributed by atoms with Gasteiger partial charge >= 0.3 is 0 Å². The van der Waals surface area contributed by atoms with E-state index in [1.165, 1.54) is 11.6 Å². The number of benzene rings is 1. The van der Waals surface area contributed by atoms with Crippen LogP contribution in [0, 0.1) is 12.7 Å². The molecule has 1 saturated heterocycles. The lowest BCUT2D eigenvalue weighted by Crippen LogP contribution is -2.38. The number of guanidine groups is 1. The fraction of sp³-hybridized carbons (Fsp3) is 0.650. The number of aryl methyl sites for hydroxylation is 1. The van der Waals surface area contributed by atoms with Gasteiger partial charge in [0.05, 0.1) is 13.2 Å². The molecule has 0 bridgehead atoms. The van der Waals surface area contributed by atoms with E-state index in [0.29, 0.717) is 0 Å². The molecule has 7 heteroatoms. The monoisotopic (exact) mass is 492 g/mol. The van der Waals surface area contributed by atoms with Crippen LogP contribution in [0.15, 0.2) is 23.2 Å². The van der Waals surface area contributed by atoms with E-state index >= 15 is 0 Å². The molecule has 2 rings (SSSR count). The molecule has 27 heavy (non-hydrogen) atoms. The number of ether oxygens (including phenoxy) is 1. The Morgan fingerprint density at radius 3 is 2.70 bits per heavy atom. The summed E-state index contributed by atoms with van der Waals surface area (Å²) in [6.07, 6.45) is 3.11. The lowest BCUT2D eigenvalue weighted by atomic mass is 10.1. The van der Waals surface area contributed by atoms with Gasteiger partial charge in [-0.2, -0.15) is 0 Å². The Balaban J connectivity index is 0.00000364. The molecular weight excluding hydrogens is 458 g/mol. The van der Waals surface area contributed by atoms with E-state index in [9.17, 15) is 4.39 Å². The summed E-state index contributed by atoms with van der Waals surface area (Å²) in [4.78, 5) is 7.12. The minimum absolute atomic E-state index is 0. The normalized spacial score (nSPS) is 15.3. The molecule has 0 radical (unpaired) electrons. The van der Waals surface area contributed by atoms with Crippen molar-refractivity contribution in [2.24, 2.45) is 4.99 Å². The molecule has 5 nitrogen and oxygen atoms in total. The molecule has 0 spiro atoms. The molecule has 1 aliphatic heterocycles. The molecule has 1 aliphatic rings. The SMILES string of the molecule is CCNC(=NCCCCN1CCOCC1)NCCc1ccc(F)cc1C.I. The first-order valence-corrected chi connectivity index (χ1v) is 9.76. The molecule has 0 atom stereocenters. The third-order valence-corrected chi connectivity index (χ3v) is 4.59. The van der Waals surface area contributed by atoms with Crippen molar-refractivity contribution in [2.45, 2.75) is 33.1 Å². The van der Waals surface area contributed by atoms with E-state index in [0.717, 1.165) is 83.3 Å². The van der Waals surface area contributed by atoms with Crippen molar-refractivity contribution in [1.82, 2.24) is 15.5 Å². The van der Waals surface area contributed by atoms with Crippen LogP contribution in [-0.4, -0.2) is 63.3 Å². The largest absolute Gasteiger partial charge is 0.379 e. The van der Waals surface area contributed by atoms with Gasteiger partial charge in [0.25, 0.3) is 0 Å². The van der Waals surface area contributed by atoms with E-state index in [1.807, 2.05) is 13.0 Å². The number of halogens is 2. The van der Waals surface area contributed by atoms with Crippen molar-refractivity contribution in [3.05, 3.63) is 35.1 Å². The van der Waals surface area contributed by atoms with E-state index in [1.54, 1.807) is 6.07 Å². The van der Waals surface area contributed by atoms with Crippen LogP contribution in [0.4, 0.5) is 4.39 Å². The van der Waals surface area contributed by atoms with Crippen LogP contribution < -0.4 is 10.6 Å². The first kappa shape index (κ1) is 24.1. The van der Waals surface area contributed by atoms with E-state index in [4.69, 9.17) is 4.74 Å². The highest BCUT2D eigenvalue weighted by Crippen LogP contribution is 2.10. The molecule has 2 N–H and O–H groups in total. The van der Waals surface area contributed by atoms with Crippen LogP contribution in [0.2, 0.25) is 0 Å². The standard InChI is InChI=1S/C20H33FN4O.HI/c1-3-22-20(23-9-4-5-11-25-12-14-26-15-13-25)24-10-8-18-6-7-19(21)16-17(18)2;/h6-7,16H,3-5,8-15H2,1-2H3,(H2,22,23,24);1H. The van der Waals surface area contributed by atoms with Crippen LogP contribution in [-0.2, 0) is 11.2 Å². The highest BCUT2D eigenvalue weighted by atomic mass is 127. The smallest absolute Gasteiger partial charge is 0.191 e. The number of aliphatic imine (C=N–C) groups is 1. The second-order valence-electron chi connectivity index (χ2n) is 6.67. The Morgan fingerprint density at radius 2 is 2.00 bits per heavy atom. The quantitative estimate of drug-likeness (QED) is 0.241. The minimum Gasteiger partial charge on any atom is -0.379 e. The molecule has 1 heterocycles. The fourth-order valence-electron chi connectivity index (χ4n) is 3.06. The average molecular weight is 492 g/mol. The van der Waals surface area contributed by atoms with Crippen LogP contribution >= 0.6 is 24.0 Å². The number of unbranched alkanes of at least 4 members (excludes halogenated alkanes) is 1. The van der Waals surface area contributed by atoms with Gasteiger partial charge < -0.3 is 15.4 Å². The summed E-state index contributed by atoms with van der Waals surface area (Å²) in [5.74, 6) is 0.685. The lowest BCUT2D eigenvalue weighted by molar-refractivity contribution is 0.0373. The Labute approximate surface area is 180 Å². The second kappa shape index (κ2) is 14.1. The molecule has 0 aromatic heterocycles. The van der Waals surface area contributed by atoms with Gasteiger partial charge in [-0.25, -0.2) is 4.39 Å². The molecular formula is C20H34FIN4O. The zero-order valence-electron chi connectivity index (χ0n) is 16.6.